The van der Waals surface area contributed by atoms with Crippen molar-refractivity contribution in [2.24, 2.45) is 0 Å². The first-order valence-corrected chi connectivity index (χ1v) is 20.4. The average Bonchev–Trinajstić information content (AvgIpc) is 3.80. The van der Waals surface area contributed by atoms with E-state index in [0.717, 1.165) is 5.69 Å². The second-order valence-electron chi connectivity index (χ2n) is 17.7. The van der Waals surface area contributed by atoms with Gasteiger partial charge in [-0.1, -0.05) is 192 Å². The second-order valence-corrected chi connectivity index (χ2v) is 17.7. The van der Waals surface area contributed by atoms with E-state index < -0.39 is 5.41 Å². The maximum absolute atomic E-state index is 2.56. The molecule has 0 amide bonds. The first-order valence-electron chi connectivity index (χ1n) is 20.4. The highest BCUT2D eigenvalue weighted by Gasteiger charge is 2.52. The monoisotopic (exact) mass is 731 g/mol. The number of anilines is 3. The molecule has 0 unspecified atom stereocenters. The zero-order valence-corrected chi connectivity index (χ0v) is 33.3. The second kappa shape index (κ2) is 12.0. The molecule has 1 heteroatoms. The lowest BCUT2D eigenvalue weighted by Gasteiger charge is -2.32. The fourth-order valence-corrected chi connectivity index (χ4v) is 10.6. The Morgan fingerprint density at radius 1 is 0.368 bits per heavy atom. The molecule has 0 radical (unpaired) electrons. The van der Waals surface area contributed by atoms with E-state index >= 15 is 0 Å². The van der Waals surface area contributed by atoms with Crippen LogP contribution >= 0.6 is 0 Å². The van der Waals surface area contributed by atoms with Gasteiger partial charge in [-0.3, -0.25) is 0 Å². The number of fused-ring (bicyclic) bond motifs is 13. The molecule has 11 rings (SSSR count). The van der Waals surface area contributed by atoms with Gasteiger partial charge in [-0.05, 0) is 102 Å². The molecule has 0 aliphatic heterocycles. The highest BCUT2D eigenvalue weighted by molar-refractivity contribution is 6.03. The van der Waals surface area contributed by atoms with Gasteiger partial charge in [0.1, 0.15) is 0 Å². The van der Waals surface area contributed by atoms with Gasteiger partial charge in [-0.2, -0.15) is 0 Å². The molecule has 0 fully saturated rings. The minimum absolute atomic E-state index is 0.113. The molecule has 0 aromatic heterocycles. The highest BCUT2D eigenvalue weighted by atomic mass is 15.1. The molecule has 3 aliphatic rings. The van der Waals surface area contributed by atoms with Crippen molar-refractivity contribution < 1.29 is 0 Å². The summed E-state index contributed by atoms with van der Waals surface area (Å²) in [5.74, 6) is 0. The van der Waals surface area contributed by atoms with Gasteiger partial charge in [0, 0.05) is 22.2 Å². The van der Waals surface area contributed by atoms with E-state index in [2.05, 4.69) is 222 Å². The molecule has 57 heavy (non-hydrogen) atoms. The van der Waals surface area contributed by atoms with Crippen LogP contribution in [0.3, 0.4) is 0 Å². The molecule has 0 N–H and O–H groups in total. The van der Waals surface area contributed by atoms with Crippen LogP contribution in [0.2, 0.25) is 0 Å². The standard InChI is InChI=1S/C56H45N/c1-54(2,3)38-32-28-36(29-33-38)37-30-34-39(35-31-37)57(50-26-14-24-48-52(50)42-18-8-10-20-44(42)55(48,4)5)51-27-15-25-49-53(51)43-19-9-13-23-47(43)56(49)45-21-11-6-16-40(45)41-17-7-12-22-46(41)56/h6-35H,1-5H3. The molecule has 0 bridgehead atoms. The largest absolute Gasteiger partial charge is 0.309 e. The summed E-state index contributed by atoms with van der Waals surface area (Å²) in [6.45, 7) is 11.6. The van der Waals surface area contributed by atoms with Crippen LogP contribution in [-0.4, -0.2) is 0 Å². The molecule has 1 spiro atoms. The van der Waals surface area contributed by atoms with Crippen molar-refractivity contribution in [2.75, 3.05) is 4.90 Å². The number of benzene rings is 8. The van der Waals surface area contributed by atoms with E-state index in [-0.39, 0.29) is 10.8 Å². The Bertz CT molecular complexity index is 2860. The third-order valence-electron chi connectivity index (χ3n) is 13.3. The van der Waals surface area contributed by atoms with Gasteiger partial charge in [0.05, 0.1) is 16.8 Å². The lowest BCUT2D eigenvalue weighted by atomic mass is 9.70. The Labute approximate surface area is 336 Å². The maximum Gasteiger partial charge on any atom is 0.0726 e. The summed E-state index contributed by atoms with van der Waals surface area (Å²) in [5.41, 5.74) is 22.9. The molecule has 0 saturated heterocycles. The Balaban J connectivity index is 1.18. The molecule has 3 aliphatic carbocycles. The van der Waals surface area contributed by atoms with Crippen molar-refractivity contribution in [1.82, 2.24) is 0 Å². The lowest BCUT2D eigenvalue weighted by molar-refractivity contribution is 0.590. The van der Waals surface area contributed by atoms with Crippen LogP contribution in [-0.2, 0) is 16.2 Å². The van der Waals surface area contributed by atoms with E-state index in [1.165, 1.54) is 94.8 Å². The third-order valence-corrected chi connectivity index (χ3v) is 13.3. The van der Waals surface area contributed by atoms with Crippen molar-refractivity contribution >= 4 is 17.1 Å². The van der Waals surface area contributed by atoms with Crippen molar-refractivity contribution in [3.05, 3.63) is 221 Å². The van der Waals surface area contributed by atoms with Gasteiger partial charge in [0.25, 0.3) is 0 Å². The van der Waals surface area contributed by atoms with Crippen LogP contribution in [0.15, 0.2) is 182 Å². The maximum atomic E-state index is 2.56. The van der Waals surface area contributed by atoms with Gasteiger partial charge < -0.3 is 4.90 Å². The van der Waals surface area contributed by atoms with E-state index in [4.69, 9.17) is 0 Å². The first kappa shape index (κ1) is 33.9. The summed E-state index contributed by atoms with van der Waals surface area (Å²) in [4.78, 5) is 2.56. The predicted octanol–water partition coefficient (Wildman–Crippen LogP) is 14.8. The topological polar surface area (TPSA) is 3.24 Å². The minimum atomic E-state index is -0.420. The smallest absolute Gasteiger partial charge is 0.0726 e. The van der Waals surface area contributed by atoms with Crippen molar-refractivity contribution in [3.63, 3.8) is 0 Å². The van der Waals surface area contributed by atoms with Crippen LogP contribution < -0.4 is 4.90 Å². The van der Waals surface area contributed by atoms with Crippen LogP contribution in [0.5, 0.6) is 0 Å². The number of hydrogen-bond donors (Lipinski definition) is 0. The average molecular weight is 732 g/mol. The highest BCUT2D eigenvalue weighted by Crippen LogP contribution is 2.65. The summed E-state index contributed by atoms with van der Waals surface area (Å²) in [7, 11) is 0. The molecule has 274 valence electrons. The quantitative estimate of drug-likeness (QED) is 0.174. The van der Waals surface area contributed by atoms with Crippen molar-refractivity contribution in [1.29, 1.82) is 0 Å². The minimum Gasteiger partial charge on any atom is -0.309 e. The van der Waals surface area contributed by atoms with Crippen LogP contribution in [0.25, 0.3) is 44.5 Å². The number of hydrogen-bond acceptors (Lipinski definition) is 1. The molecular formula is C56H45N. The Hall–Kier alpha value is -6.44. The molecule has 1 nitrogen and oxygen atoms in total. The molecule has 0 saturated carbocycles. The molecule has 0 atom stereocenters. The van der Waals surface area contributed by atoms with Crippen molar-refractivity contribution in [2.45, 2.75) is 50.9 Å². The summed E-state index contributed by atoms with van der Waals surface area (Å²) in [5, 5.41) is 0. The Morgan fingerprint density at radius 2 is 0.772 bits per heavy atom. The van der Waals surface area contributed by atoms with Crippen LogP contribution in [0.1, 0.15) is 73.6 Å². The summed E-state index contributed by atoms with van der Waals surface area (Å²) < 4.78 is 0. The molecular weight excluding hydrogens is 687 g/mol. The third kappa shape index (κ3) is 4.63. The van der Waals surface area contributed by atoms with Gasteiger partial charge in [-0.25, -0.2) is 0 Å². The molecule has 8 aromatic rings. The fourth-order valence-electron chi connectivity index (χ4n) is 10.6. The number of nitrogens with zero attached hydrogens (tertiary/aromatic N) is 1. The molecule has 8 aromatic carbocycles. The van der Waals surface area contributed by atoms with E-state index in [0.29, 0.717) is 0 Å². The normalized spacial score (nSPS) is 14.7. The van der Waals surface area contributed by atoms with Crippen molar-refractivity contribution in [3.8, 4) is 44.5 Å². The first-order chi connectivity index (χ1) is 27.7. The van der Waals surface area contributed by atoms with Gasteiger partial charge in [0.2, 0.25) is 0 Å². The summed E-state index contributed by atoms with van der Waals surface area (Å²) in [6.07, 6.45) is 0. The van der Waals surface area contributed by atoms with E-state index in [1.54, 1.807) is 0 Å². The fraction of sp³-hybridized carbons (Fsp3) is 0.143. The van der Waals surface area contributed by atoms with Crippen LogP contribution in [0.4, 0.5) is 17.1 Å². The lowest BCUT2D eigenvalue weighted by Crippen LogP contribution is -2.26. The van der Waals surface area contributed by atoms with Gasteiger partial charge in [0.15, 0.2) is 0 Å². The van der Waals surface area contributed by atoms with Gasteiger partial charge >= 0.3 is 0 Å². The zero-order valence-electron chi connectivity index (χ0n) is 33.3. The zero-order chi connectivity index (χ0) is 38.7. The summed E-state index contributed by atoms with van der Waals surface area (Å²) >= 11 is 0. The van der Waals surface area contributed by atoms with Crippen LogP contribution in [0, 0.1) is 0 Å². The summed E-state index contributed by atoms with van der Waals surface area (Å²) in [6, 6.07) is 68.7. The van der Waals surface area contributed by atoms with E-state index in [9.17, 15) is 0 Å². The SMILES string of the molecule is CC(C)(C)c1ccc(-c2ccc(N(c3cccc4c3-c3ccccc3C4(C)C)c3cccc4c3-c3ccccc3C43c4ccccc4-c4ccccc43)cc2)cc1. The van der Waals surface area contributed by atoms with Gasteiger partial charge in [-0.15, -0.1) is 0 Å². The van der Waals surface area contributed by atoms with E-state index in [1.807, 2.05) is 0 Å². The Kier molecular flexibility index (Phi) is 7.15. The predicted molar refractivity (Wildman–Crippen MR) is 239 cm³/mol. The molecule has 0 heterocycles. The Morgan fingerprint density at radius 3 is 1.32 bits per heavy atom. The number of rotatable bonds is 4.